The normalized spacial score (nSPS) is 12.7. The monoisotopic (exact) mass is 270 g/mol. The van der Waals surface area contributed by atoms with Gasteiger partial charge >= 0.3 is 5.97 Å². The quantitative estimate of drug-likeness (QED) is 0.782. The molecule has 4 nitrogen and oxygen atoms in total. The van der Waals surface area contributed by atoms with Crippen LogP contribution in [0.3, 0.4) is 0 Å². The molecule has 1 heterocycles. The molecular formula is C16H14O4. The molecule has 0 fully saturated rings. The third-order valence-electron chi connectivity index (χ3n) is 3.15. The van der Waals surface area contributed by atoms with E-state index in [2.05, 4.69) is 0 Å². The Kier molecular flexibility index (Phi) is 3.06. The van der Waals surface area contributed by atoms with Gasteiger partial charge in [0.25, 0.3) is 0 Å². The van der Waals surface area contributed by atoms with Gasteiger partial charge in [-0.25, -0.2) is 0 Å². The zero-order chi connectivity index (χ0) is 14.1. The van der Waals surface area contributed by atoms with E-state index in [1.807, 2.05) is 36.4 Å². The maximum absolute atomic E-state index is 10.7. The Morgan fingerprint density at radius 1 is 1.20 bits per heavy atom. The van der Waals surface area contributed by atoms with Crippen LogP contribution in [0.4, 0.5) is 0 Å². The summed E-state index contributed by atoms with van der Waals surface area (Å²) in [5.74, 6) is -0.217. The van der Waals surface area contributed by atoms with Gasteiger partial charge in [-0.05, 0) is 31.2 Å². The number of aliphatic carboxylic acids is 1. The van der Waals surface area contributed by atoms with E-state index in [4.69, 9.17) is 14.3 Å². The minimum absolute atomic E-state index is 0.0236. The molecule has 0 aliphatic rings. The lowest BCUT2D eigenvalue weighted by Crippen LogP contribution is -2.16. The molecule has 0 unspecified atom stereocenters. The van der Waals surface area contributed by atoms with Crippen molar-refractivity contribution in [2.24, 2.45) is 0 Å². The van der Waals surface area contributed by atoms with Gasteiger partial charge in [-0.2, -0.15) is 0 Å². The van der Waals surface area contributed by atoms with Crippen LogP contribution in [0.1, 0.15) is 13.3 Å². The van der Waals surface area contributed by atoms with Crippen LogP contribution in [0.15, 0.2) is 46.9 Å². The van der Waals surface area contributed by atoms with E-state index in [-0.39, 0.29) is 12.5 Å². The fraction of sp³-hybridized carbons (Fsp3) is 0.188. The molecule has 0 amide bonds. The second kappa shape index (κ2) is 4.89. The van der Waals surface area contributed by atoms with Crippen molar-refractivity contribution in [3.05, 3.63) is 42.5 Å². The molecule has 2 aromatic carbocycles. The smallest absolute Gasteiger partial charge is 0.307 e. The molecule has 3 rings (SSSR count). The third-order valence-corrected chi connectivity index (χ3v) is 3.15. The first-order valence-corrected chi connectivity index (χ1v) is 6.43. The molecule has 4 heteroatoms. The van der Waals surface area contributed by atoms with Crippen molar-refractivity contribution in [2.75, 3.05) is 0 Å². The molecule has 0 aliphatic carbocycles. The number of rotatable bonds is 4. The Morgan fingerprint density at radius 2 is 1.95 bits per heavy atom. The van der Waals surface area contributed by atoms with Gasteiger partial charge in [0, 0.05) is 10.8 Å². The van der Waals surface area contributed by atoms with Crippen LogP contribution in [-0.2, 0) is 4.79 Å². The lowest BCUT2D eigenvalue weighted by Gasteiger charge is -2.12. The molecule has 3 aromatic rings. The molecule has 102 valence electrons. The number of carbonyl (C=O) groups is 1. The maximum atomic E-state index is 10.7. The Balaban J connectivity index is 1.97. The van der Waals surface area contributed by atoms with Crippen molar-refractivity contribution in [2.45, 2.75) is 19.4 Å². The Morgan fingerprint density at radius 3 is 2.75 bits per heavy atom. The molecule has 0 bridgehead atoms. The number of benzene rings is 2. The first-order valence-electron chi connectivity index (χ1n) is 6.43. The number of hydrogen-bond acceptors (Lipinski definition) is 3. The fourth-order valence-electron chi connectivity index (χ4n) is 2.30. The van der Waals surface area contributed by atoms with Gasteiger partial charge < -0.3 is 14.3 Å². The molecule has 0 radical (unpaired) electrons. The highest BCUT2D eigenvalue weighted by Gasteiger charge is 2.11. The van der Waals surface area contributed by atoms with Crippen LogP contribution >= 0.6 is 0 Å². The molecule has 0 saturated heterocycles. The van der Waals surface area contributed by atoms with Crippen LogP contribution in [-0.4, -0.2) is 17.2 Å². The molecule has 0 saturated carbocycles. The van der Waals surface area contributed by atoms with Gasteiger partial charge in [0.2, 0.25) is 0 Å². The molecule has 1 aromatic heterocycles. The van der Waals surface area contributed by atoms with E-state index in [0.29, 0.717) is 5.75 Å². The standard InChI is InChI=1S/C16H14O4/c1-10(8-16(17)18)19-11-6-7-15-13(9-11)12-4-2-3-5-14(12)20-15/h2-7,9-10H,8H2,1H3,(H,17,18)/t10-/m0/s1. The third kappa shape index (κ3) is 2.32. The Bertz CT molecular complexity index is 772. The minimum Gasteiger partial charge on any atom is -0.490 e. The summed E-state index contributed by atoms with van der Waals surface area (Å²) in [7, 11) is 0. The molecule has 0 spiro atoms. The summed E-state index contributed by atoms with van der Waals surface area (Å²) in [5, 5.41) is 10.7. The number of fused-ring (bicyclic) bond motifs is 3. The molecule has 20 heavy (non-hydrogen) atoms. The van der Waals surface area contributed by atoms with Gasteiger partial charge in [-0.15, -0.1) is 0 Å². The summed E-state index contributed by atoms with van der Waals surface area (Å²) in [6, 6.07) is 13.3. The number of carboxylic acids is 1. The molecule has 1 N–H and O–H groups in total. The van der Waals surface area contributed by atoms with E-state index in [0.717, 1.165) is 21.9 Å². The average Bonchev–Trinajstić information content (AvgIpc) is 2.76. The van der Waals surface area contributed by atoms with Crippen LogP contribution in [0.2, 0.25) is 0 Å². The lowest BCUT2D eigenvalue weighted by molar-refractivity contribution is -0.138. The predicted octanol–water partition coefficient (Wildman–Crippen LogP) is 3.83. The van der Waals surface area contributed by atoms with Crippen molar-refractivity contribution in [1.29, 1.82) is 0 Å². The number of furan rings is 1. The minimum atomic E-state index is -0.868. The first kappa shape index (κ1) is 12.5. The average molecular weight is 270 g/mol. The van der Waals surface area contributed by atoms with E-state index in [1.54, 1.807) is 13.0 Å². The molecule has 1 atom stereocenters. The zero-order valence-corrected chi connectivity index (χ0v) is 11.0. The highest BCUT2D eigenvalue weighted by atomic mass is 16.5. The Hall–Kier alpha value is -2.49. The summed E-state index contributed by atoms with van der Waals surface area (Å²) in [4.78, 5) is 10.7. The fourth-order valence-corrected chi connectivity index (χ4v) is 2.30. The highest BCUT2D eigenvalue weighted by molar-refractivity contribution is 6.05. The summed E-state index contributed by atoms with van der Waals surface area (Å²) < 4.78 is 11.4. The van der Waals surface area contributed by atoms with E-state index >= 15 is 0 Å². The Labute approximate surface area is 115 Å². The second-order valence-electron chi connectivity index (χ2n) is 4.78. The summed E-state index contributed by atoms with van der Waals surface area (Å²) in [5.41, 5.74) is 1.63. The zero-order valence-electron chi connectivity index (χ0n) is 11.0. The first-order chi connectivity index (χ1) is 9.63. The predicted molar refractivity (Wildman–Crippen MR) is 76.1 cm³/mol. The van der Waals surface area contributed by atoms with Crippen LogP contribution < -0.4 is 4.74 Å². The van der Waals surface area contributed by atoms with Crippen molar-refractivity contribution >= 4 is 27.9 Å². The maximum Gasteiger partial charge on any atom is 0.307 e. The van der Waals surface area contributed by atoms with Crippen molar-refractivity contribution in [3.63, 3.8) is 0 Å². The highest BCUT2D eigenvalue weighted by Crippen LogP contribution is 2.31. The van der Waals surface area contributed by atoms with Gasteiger partial charge in [-0.3, -0.25) is 4.79 Å². The lowest BCUT2D eigenvalue weighted by atomic mass is 10.1. The SMILES string of the molecule is C[C@@H](CC(=O)O)Oc1ccc2oc3ccccc3c2c1. The van der Waals surface area contributed by atoms with Gasteiger partial charge in [0.15, 0.2) is 0 Å². The van der Waals surface area contributed by atoms with Crippen LogP contribution in [0.5, 0.6) is 5.75 Å². The van der Waals surface area contributed by atoms with Crippen molar-refractivity contribution in [3.8, 4) is 5.75 Å². The van der Waals surface area contributed by atoms with E-state index in [1.165, 1.54) is 0 Å². The van der Waals surface area contributed by atoms with Crippen LogP contribution in [0.25, 0.3) is 21.9 Å². The van der Waals surface area contributed by atoms with Crippen molar-refractivity contribution < 1.29 is 19.1 Å². The largest absolute Gasteiger partial charge is 0.490 e. The van der Waals surface area contributed by atoms with Gasteiger partial charge in [0.1, 0.15) is 23.0 Å². The van der Waals surface area contributed by atoms with E-state index in [9.17, 15) is 4.79 Å². The topological polar surface area (TPSA) is 59.7 Å². The van der Waals surface area contributed by atoms with Gasteiger partial charge in [-0.1, -0.05) is 18.2 Å². The summed E-state index contributed by atoms with van der Waals surface area (Å²) in [6.07, 6.45) is -0.396. The molecular weight excluding hydrogens is 256 g/mol. The summed E-state index contributed by atoms with van der Waals surface area (Å²) >= 11 is 0. The summed E-state index contributed by atoms with van der Waals surface area (Å²) in [6.45, 7) is 1.74. The number of carboxylic acid groups (broad SMARTS) is 1. The second-order valence-corrected chi connectivity index (χ2v) is 4.78. The van der Waals surface area contributed by atoms with Crippen LogP contribution in [0, 0.1) is 0 Å². The molecule has 0 aliphatic heterocycles. The van der Waals surface area contributed by atoms with Gasteiger partial charge in [0.05, 0.1) is 6.42 Å². The van der Waals surface area contributed by atoms with Crippen molar-refractivity contribution in [1.82, 2.24) is 0 Å². The number of para-hydroxylation sites is 1. The number of hydrogen-bond donors (Lipinski definition) is 1. The number of ether oxygens (including phenoxy) is 1. The van der Waals surface area contributed by atoms with E-state index < -0.39 is 5.97 Å².